The smallest absolute Gasteiger partial charge is 0.308 e. The van der Waals surface area contributed by atoms with Gasteiger partial charge in [0.25, 0.3) is 0 Å². The van der Waals surface area contributed by atoms with Crippen LogP contribution in [-0.4, -0.2) is 47.6 Å². The molecule has 4 aromatic heterocycles. The van der Waals surface area contributed by atoms with E-state index < -0.39 is 5.60 Å². The highest BCUT2D eigenvalue weighted by Gasteiger charge is 2.39. The number of anilines is 2. The van der Waals surface area contributed by atoms with Crippen LogP contribution in [0.1, 0.15) is 43.2 Å². The fourth-order valence-corrected chi connectivity index (χ4v) is 5.56. The van der Waals surface area contributed by atoms with Gasteiger partial charge in [0.05, 0.1) is 29.3 Å². The summed E-state index contributed by atoms with van der Waals surface area (Å²) in [6, 6.07) is 7.73. The quantitative estimate of drug-likeness (QED) is 0.342. The molecule has 37 heavy (non-hydrogen) atoms. The number of aryl methyl sites for hydroxylation is 2. The molecule has 0 spiro atoms. The Hall–Kier alpha value is -3.70. The van der Waals surface area contributed by atoms with Crippen LogP contribution in [0, 0.1) is 12.8 Å². The van der Waals surface area contributed by atoms with Crippen LogP contribution in [0.2, 0.25) is 0 Å². The van der Waals surface area contributed by atoms with E-state index in [0.717, 1.165) is 27.4 Å². The Morgan fingerprint density at radius 2 is 2.00 bits per heavy atom. The molecule has 192 valence electrons. The van der Waals surface area contributed by atoms with Crippen LogP contribution >= 0.6 is 11.3 Å². The zero-order valence-electron chi connectivity index (χ0n) is 21.0. The van der Waals surface area contributed by atoms with Gasteiger partial charge in [0, 0.05) is 25.0 Å². The lowest BCUT2D eigenvalue weighted by Gasteiger charge is -2.33. The SMILES string of the molecule is CCOC(=O)[C@H]1CC[C@@](O)(c2ncc(-c3cc(C)cc(Nc4cc(-c5cnn(C)n5)ccn4)n3)s2)CC1. The number of rotatable bonds is 7. The van der Waals surface area contributed by atoms with Crippen molar-refractivity contribution in [3.63, 3.8) is 0 Å². The maximum Gasteiger partial charge on any atom is 0.308 e. The molecular weight excluding hydrogens is 490 g/mol. The number of ether oxygens (including phenoxy) is 1. The number of carbonyl (C=O) groups excluding carboxylic acids is 1. The normalized spacial score (nSPS) is 19.5. The fraction of sp³-hybridized carbons (Fsp3) is 0.385. The van der Waals surface area contributed by atoms with E-state index in [4.69, 9.17) is 9.72 Å². The largest absolute Gasteiger partial charge is 0.466 e. The van der Waals surface area contributed by atoms with Crippen molar-refractivity contribution < 1.29 is 14.6 Å². The summed E-state index contributed by atoms with van der Waals surface area (Å²) < 4.78 is 5.15. The van der Waals surface area contributed by atoms with E-state index in [1.165, 1.54) is 16.1 Å². The number of nitrogens with one attached hydrogen (secondary N) is 1. The predicted molar refractivity (Wildman–Crippen MR) is 140 cm³/mol. The summed E-state index contributed by atoms with van der Waals surface area (Å²) in [6.07, 6.45) is 7.31. The number of thiazole rings is 1. The highest BCUT2D eigenvalue weighted by molar-refractivity contribution is 7.15. The number of aliphatic hydroxyl groups is 1. The Bertz CT molecular complexity index is 1410. The Labute approximate surface area is 218 Å². The van der Waals surface area contributed by atoms with E-state index in [-0.39, 0.29) is 11.9 Å². The molecule has 2 N–H and O–H groups in total. The third-order valence-electron chi connectivity index (χ3n) is 6.47. The Kier molecular flexibility index (Phi) is 6.98. The number of hydrogen-bond donors (Lipinski definition) is 2. The minimum absolute atomic E-state index is 0.159. The molecule has 10 nitrogen and oxygen atoms in total. The van der Waals surface area contributed by atoms with Gasteiger partial charge in [-0.2, -0.15) is 15.0 Å². The minimum Gasteiger partial charge on any atom is -0.466 e. The van der Waals surface area contributed by atoms with Gasteiger partial charge in [-0.1, -0.05) is 0 Å². The van der Waals surface area contributed by atoms with Crippen LogP contribution in [0.15, 0.2) is 42.9 Å². The van der Waals surface area contributed by atoms with Crippen molar-refractivity contribution in [2.75, 3.05) is 11.9 Å². The van der Waals surface area contributed by atoms with Gasteiger partial charge in [0.2, 0.25) is 0 Å². The number of nitrogens with zero attached hydrogens (tertiary/aromatic N) is 6. The van der Waals surface area contributed by atoms with Gasteiger partial charge < -0.3 is 15.2 Å². The molecule has 1 aliphatic rings. The monoisotopic (exact) mass is 519 g/mol. The van der Waals surface area contributed by atoms with E-state index >= 15 is 0 Å². The second kappa shape index (κ2) is 10.3. The molecule has 1 saturated carbocycles. The molecule has 5 rings (SSSR count). The zero-order valence-corrected chi connectivity index (χ0v) is 21.8. The number of esters is 1. The Balaban J connectivity index is 1.33. The summed E-state index contributed by atoms with van der Waals surface area (Å²) in [6.45, 7) is 4.19. The standard InChI is InChI=1S/C26H29N7O3S/c1-4-36-24(34)17-5-8-26(35,9-6-17)25-28-15-21(37-25)19-11-16(2)12-23(30-19)31-22-13-18(7-10-27-22)20-14-29-33(3)32-20/h7,10-15,17,35H,4-6,8-9H2,1-3H3,(H,27,30,31)/t17-,26-. The lowest BCUT2D eigenvalue weighted by molar-refractivity contribution is -0.151. The van der Waals surface area contributed by atoms with Gasteiger partial charge in [-0.3, -0.25) is 4.79 Å². The van der Waals surface area contributed by atoms with Gasteiger partial charge >= 0.3 is 5.97 Å². The lowest BCUT2D eigenvalue weighted by Crippen LogP contribution is -2.34. The minimum atomic E-state index is -1.04. The van der Waals surface area contributed by atoms with Gasteiger partial charge in [0.1, 0.15) is 27.9 Å². The molecule has 0 bridgehead atoms. The molecule has 0 radical (unpaired) electrons. The van der Waals surface area contributed by atoms with Crippen molar-refractivity contribution in [1.82, 2.24) is 29.9 Å². The molecule has 0 saturated heterocycles. The van der Waals surface area contributed by atoms with Crippen LogP contribution in [-0.2, 0) is 22.2 Å². The van der Waals surface area contributed by atoms with Crippen molar-refractivity contribution in [3.8, 4) is 21.8 Å². The van der Waals surface area contributed by atoms with Gasteiger partial charge in [-0.05, 0) is 69.4 Å². The highest BCUT2D eigenvalue weighted by atomic mass is 32.1. The number of pyridine rings is 2. The number of hydrogen-bond acceptors (Lipinski definition) is 10. The first-order valence-electron chi connectivity index (χ1n) is 12.3. The molecule has 4 aromatic rings. The third kappa shape index (κ3) is 5.52. The molecule has 0 amide bonds. The summed E-state index contributed by atoms with van der Waals surface area (Å²) >= 11 is 1.44. The van der Waals surface area contributed by atoms with Crippen molar-refractivity contribution in [2.24, 2.45) is 13.0 Å². The van der Waals surface area contributed by atoms with E-state index in [1.807, 2.05) is 38.1 Å². The van der Waals surface area contributed by atoms with Gasteiger partial charge in [-0.25, -0.2) is 15.0 Å². The topological polar surface area (TPSA) is 128 Å². The molecule has 0 aliphatic heterocycles. The van der Waals surface area contributed by atoms with E-state index in [1.54, 1.807) is 25.6 Å². The number of aromatic nitrogens is 6. The summed E-state index contributed by atoms with van der Waals surface area (Å²) in [5.41, 5.74) is 2.41. The molecule has 0 aromatic carbocycles. The second-order valence-electron chi connectivity index (χ2n) is 9.28. The molecule has 1 aliphatic carbocycles. The summed E-state index contributed by atoms with van der Waals surface area (Å²) in [7, 11) is 1.78. The summed E-state index contributed by atoms with van der Waals surface area (Å²) in [5, 5.41) is 23.7. The molecule has 11 heteroatoms. The van der Waals surface area contributed by atoms with Crippen LogP contribution in [0.25, 0.3) is 21.8 Å². The van der Waals surface area contributed by atoms with Crippen molar-refractivity contribution in [2.45, 2.75) is 45.1 Å². The average Bonchev–Trinajstić information content (AvgIpc) is 3.55. The van der Waals surface area contributed by atoms with E-state index in [0.29, 0.717) is 48.9 Å². The van der Waals surface area contributed by atoms with Gasteiger partial charge in [0.15, 0.2) is 0 Å². The molecule has 0 atom stereocenters. The van der Waals surface area contributed by atoms with Crippen LogP contribution < -0.4 is 5.32 Å². The average molecular weight is 520 g/mol. The molecule has 0 unspecified atom stereocenters. The third-order valence-corrected chi connectivity index (χ3v) is 7.68. The lowest BCUT2D eigenvalue weighted by atomic mass is 9.79. The molecule has 1 fully saturated rings. The first-order chi connectivity index (χ1) is 17.8. The molecular formula is C26H29N7O3S. The highest BCUT2D eigenvalue weighted by Crippen LogP contribution is 2.42. The zero-order chi connectivity index (χ0) is 26.0. The predicted octanol–water partition coefficient (Wildman–Crippen LogP) is 4.39. The van der Waals surface area contributed by atoms with Crippen LogP contribution in [0.4, 0.5) is 11.6 Å². The van der Waals surface area contributed by atoms with E-state index in [9.17, 15) is 9.90 Å². The maximum atomic E-state index is 12.1. The van der Waals surface area contributed by atoms with Crippen molar-refractivity contribution >= 4 is 28.9 Å². The molecule has 4 heterocycles. The van der Waals surface area contributed by atoms with Crippen molar-refractivity contribution in [3.05, 3.63) is 53.4 Å². The summed E-state index contributed by atoms with van der Waals surface area (Å²) in [4.78, 5) is 28.2. The van der Waals surface area contributed by atoms with E-state index in [2.05, 4.69) is 25.5 Å². The first-order valence-corrected chi connectivity index (χ1v) is 13.1. The van der Waals surface area contributed by atoms with Crippen LogP contribution in [0.3, 0.4) is 0 Å². The van der Waals surface area contributed by atoms with Gasteiger partial charge in [-0.15, -0.1) is 11.3 Å². The first kappa shape index (κ1) is 25.0. The number of carbonyl (C=O) groups is 1. The fourth-order valence-electron chi connectivity index (χ4n) is 4.54. The Morgan fingerprint density at radius 3 is 2.73 bits per heavy atom. The maximum absolute atomic E-state index is 12.1. The Morgan fingerprint density at radius 1 is 1.19 bits per heavy atom. The second-order valence-corrected chi connectivity index (χ2v) is 10.3. The van der Waals surface area contributed by atoms with Crippen molar-refractivity contribution in [1.29, 1.82) is 0 Å². The van der Waals surface area contributed by atoms with Crippen LogP contribution in [0.5, 0.6) is 0 Å². The summed E-state index contributed by atoms with van der Waals surface area (Å²) in [5.74, 6) is 0.963.